The van der Waals surface area contributed by atoms with Gasteiger partial charge in [0.2, 0.25) is 0 Å². The topological polar surface area (TPSA) is 12.0 Å². The molecule has 1 atom stereocenters. The van der Waals surface area contributed by atoms with E-state index in [0.717, 1.165) is 29.8 Å². The molecule has 0 spiro atoms. The third-order valence-corrected chi connectivity index (χ3v) is 3.61. The molecule has 0 saturated carbocycles. The zero-order valence-corrected chi connectivity index (χ0v) is 10.4. The normalized spacial score (nSPS) is 18.0. The van der Waals surface area contributed by atoms with Gasteiger partial charge in [0.25, 0.3) is 0 Å². The first-order valence-corrected chi connectivity index (χ1v) is 6.34. The fourth-order valence-corrected chi connectivity index (χ4v) is 2.72. The molecule has 0 fully saturated rings. The van der Waals surface area contributed by atoms with E-state index in [1.807, 2.05) is 31.2 Å². The molecule has 92 valence electrons. The predicted molar refractivity (Wildman–Crippen MR) is 72.5 cm³/mol. The Morgan fingerprint density at radius 2 is 1.94 bits per heavy atom. The number of halogens is 1. The van der Waals surface area contributed by atoms with Crippen LogP contribution in [0.25, 0.3) is 0 Å². The standard InChI is InChI=1S/C16H16FN/c1-11-6-7-15(17)14(10-11)12-8-9-18-16-5-3-2-4-13(12)16/h2-7,10,12,18H,8-9H2,1H3. The lowest BCUT2D eigenvalue weighted by Crippen LogP contribution is -2.18. The number of hydrogen-bond acceptors (Lipinski definition) is 1. The van der Waals surface area contributed by atoms with E-state index in [9.17, 15) is 4.39 Å². The average molecular weight is 241 g/mol. The maximum atomic E-state index is 14.0. The van der Waals surface area contributed by atoms with Crippen LogP contribution in [0.1, 0.15) is 29.0 Å². The van der Waals surface area contributed by atoms with Crippen LogP contribution < -0.4 is 5.32 Å². The highest BCUT2D eigenvalue weighted by molar-refractivity contribution is 5.57. The Kier molecular flexibility index (Phi) is 2.78. The van der Waals surface area contributed by atoms with Gasteiger partial charge in [-0.1, -0.05) is 35.9 Å². The molecule has 0 aromatic heterocycles. The van der Waals surface area contributed by atoms with Crippen molar-refractivity contribution < 1.29 is 4.39 Å². The van der Waals surface area contributed by atoms with E-state index in [0.29, 0.717) is 0 Å². The smallest absolute Gasteiger partial charge is 0.127 e. The summed E-state index contributed by atoms with van der Waals surface area (Å²) in [7, 11) is 0. The molecule has 1 nitrogen and oxygen atoms in total. The molecule has 0 amide bonds. The zero-order valence-electron chi connectivity index (χ0n) is 10.4. The number of nitrogens with one attached hydrogen (secondary N) is 1. The lowest BCUT2D eigenvalue weighted by atomic mass is 9.84. The Morgan fingerprint density at radius 1 is 1.11 bits per heavy atom. The van der Waals surface area contributed by atoms with E-state index in [1.54, 1.807) is 6.07 Å². The van der Waals surface area contributed by atoms with Gasteiger partial charge >= 0.3 is 0 Å². The molecule has 1 aliphatic rings. The summed E-state index contributed by atoms with van der Waals surface area (Å²) < 4.78 is 14.0. The maximum Gasteiger partial charge on any atom is 0.127 e. The SMILES string of the molecule is Cc1ccc(F)c(C2CCNc3ccccc32)c1. The Morgan fingerprint density at radius 3 is 2.83 bits per heavy atom. The molecule has 1 N–H and O–H groups in total. The minimum atomic E-state index is -0.0951. The second-order valence-electron chi connectivity index (χ2n) is 4.88. The van der Waals surface area contributed by atoms with Crippen LogP contribution in [0.3, 0.4) is 0 Å². The van der Waals surface area contributed by atoms with Crippen molar-refractivity contribution in [2.45, 2.75) is 19.3 Å². The van der Waals surface area contributed by atoms with Gasteiger partial charge in [-0.15, -0.1) is 0 Å². The van der Waals surface area contributed by atoms with Gasteiger partial charge in [-0.05, 0) is 36.6 Å². The number of benzene rings is 2. The van der Waals surface area contributed by atoms with E-state index in [4.69, 9.17) is 0 Å². The van der Waals surface area contributed by atoms with Crippen LogP contribution in [0.4, 0.5) is 10.1 Å². The van der Waals surface area contributed by atoms with Crippen LogP contribution in [0.5, 0.6) is 0 Å². The summed E-state index contributed by atoms with van der Waals surface area (Å²) in [5.74, 6) is 0.0738. The van der Waals surface area contributed by atoms with Crippen LogP contribution >= 0.6 is 0 Å². The van der Waals surface area contributed by atoms with E-state index in [-0.39, 0.29) is 11.7 Å². The summed E-state index contributed by atoms with van der Waals surface area (Å²) >= 11 is 0. The Bertz CT molecular complexity index is 577. The van der Waals surface area contributed by atoms with Crippen molar-refractivity contribution in [1.29, 1.82) is 0 Å². The van der Waals surface area contributed by atoms with Crippen molar-refractivity contribution in [3.63, 3.8) is 0 Å². The number of hydrogen-bond donors (Lipinski definition) is 1. The van der Waals surface area contributed by atoms with Crippen molar-refractivity contribution in [3.8, 4) is 0 Å². The third-order valence-electron chi connectivity index (χ3n) is 3.61. The molecule has 18 heavy (non-hydrogen) atoms. The van der Waals surface area contributed by atoms with Crippen LogP contribution in [0.15, 0.2) is 42.5 Å². The van der Waals surface area contributed by atoms with Crippen LogP contribution in [-0.4, -0.2) is 6.54 Å². The highest BCUT2D eigenvalue weighted by atomic mass is 19.1. The molecule has 2 aromatic rings. The van der Waals surface area contributed by atoms with Gasteiger partial charge in [0.15, 0.2) is 0 Å². The third kappa shape index (κ3) is 1.88. The van der Waals surface area contributed by atoms with Gasteiger partial charge in [-0.3, -0.25) is 0 Å². The molecule has 0 aliphatic carbocycles. The van der Waals surface area contributed by atoms with Gasteiger partial charge in [0.1, 0.15) is 5.82 Å². The fourth-order valence-electron chi connectivity index (χ4n) is 2.72. The Hall–Kier alpha value is -1.83. The minimum absolute atomic E-state index is 0.0951. The van der Waals surface area contributed by atoms with Crippen molar-refractivity contribution in [1.82, 2.24) is 0 Å². The van der Waals surface area contributed by atoms with Crippen LogP contribution in [0.2, 0.25) is 0 Å². The molecular formula is C16H16FN. The Labute approximate surface area is 107 Å². The summed E-state index contributed by atoms with van der Waals surface area (Å²) in [6, 6.07) is 13.6. The highest BCUT2D eigenvalue weighted by Gasteiger charge is 2.23. The van der Waals surface area contributed by atoms with Gasteiger partial charge in [-0.2, -0.15) is 0 Å². The van der Waals surface area contributed by atoms with Gasteiger partial charge in [0, 0.05) is 18.2 Å². The van der Waals surface area contributed by atoms with E-state index >= 15 is 0 Å². The monoisotopic (exact) mass is 241 g/mol. The molecule has 0 bridgehead atoms. The summed E-state index contributed by atoms with van der Waals surface area (Å²) in [4.78, 5) is 0. The number of para-hydroxylation sites is 1. The van der Waals surface area contributed by atoms with Crippen molar-refractivity contribution in [3.05, 3.63) is 65.0 Å². The second kappa shape index (κ2) is 4.45. The largest absolute Gasteiger partial charge is 0.385 e. The van der Waals surface area contributed by atoms with Gasteiger partial charge < -0.3 is 5.32 Å². The second-order valence-corrected chi connectivity index (χ2v) is 4.88. The maximum absolute atomic E-state index is 14.0. The average Bonchev–Trinajstić information content (AvgIpc) is 2.41. The Balaban J connectivity index is 2.11. The van der Waals surface area contributed by atoms with Crippen molar-refractivity contribution in [2.75, 3.05) is 11.9 Å². The number of rotatable bonds is 1. The van der Waals surface area contributed by atoms with Crippen molar-refractivity contribution >= 4 is 5.69 Å². The fraction of sp³-hybridized carbons (Fsp3) is 0.250. The summed E-state index contributed by atoms with van der Waals surface area (Å²) in [5, 5.41) is 3.37. The number of fused-ring (bicyclic) bond motifs is 1. The summed E-state index contributed by atoms with van der Waals surface area (Å²) in [6.45, 7) is 2.91. The first-order chi connectivity index (χ1) is 8.75. The molecule has 1 unspecified atom stereocenters. The first kappa shape index (κ1) is 11.3. The predicted octanol–water partition coefficient (Wildman–Crippen LogP) is 4.08. The lowest BCUT2D eigenvalue weighted by Gasteiger charge is -2.27. The van der Waals surface area contributed by atoms with Crippen molar-refractivity contribution in [2.24, 2.45) is 0 Å². The zero-order chi connectivity index (χ0) is 12.5. The van der Waals surface area contributed by atoms with E-state index in [2.05, 4.69) is 17.4 Å². The van der Waals surface area contributed by atoms with Crippen LogP contribution in [0, 0.1) is 12.7 Å². The minimum Gasteiger partial charge on any atom is -0.385 e. The summed E-state index contributed by atoms with van der Waals surface area (Å²) in [6.07, 6.45) is 0.942. The molecule has 2 heteroatoms. The first-order valence-electron chi connectivity index (χ1n) is 6.34. The van der Waals surface area contributed by atoms with Gasteiger partial charge in [0.05, 0.1) is 0 Å². The molecule has 1 aliphatic heterocycles. The highest BCUT2D eigenvalue weighted by Crippen LogP contribution is 2.37. The van der Waals surface area contributed by atoms with Gasteiger partial charge in [-0.25, -0.2) is 4.39 Å². The molecule has 2 aromatic carbocycles. The molecule has 1 heterocycles. The van der Waals surface area contributed by atoms with Crippen LogP contribution in [-0.2, 0) is 0 Å². The lowest BCUT2D eigenvalue weighted by molar-refractivity contribution is 0.585. The van der Waals surface area contributed by atoms with E-state index < -0.39 is 0 Å². The molecular weight excluding hydrogens is 225 g/mol. The molecule has 0 radical (unpaired) electrons. The molecule has 3 rings (SSSR count). The number of aryl methyl sites for hydroxylation is 1. The summed E-state index contributed by atoms with van der Waals surface area (Å²) in [5.41, 5.74) is 4.27. The number of anilines is 1. The quantitative estimate of drug-likeness (QED) is 0.793. The van der Waals surface area contributed by atoms with E-state index in [1.165, 1.54) is 5.56 Å². The molecule has 0 saturated heterocycles.